The molecule has 0 radical (unpaired) electrons. The van der Waals surface area contributed by atoms with Crippen molar-refractivity contribution in [2.75, 3.05) is 6.54 Å². The Morgan fingerprint density at radius 1 is 0.900 bits per heavy atom. The predicted molar refractivity (Wildman–Crippen MR) is 117 cm³/mol. The number of aryl methyl sites for hydroxylation is 1. The second kappa shape index (κ2) is 8.94. The number of ether oxygens (including phenoxy) is 1. The van der Waals surface area contributed by atoms with Gasteiger partial charge < -0.3 is 14.2 Å². The molecule has 0 spiro atoms. The molecule has 1 aliphatic heterocycles. The van der Waals surface area contributed by atoms with Crippen LogP contribution >= 0.6 is 23.2 Å². The predicted octanol–water partition coefficient (Wildman–Crippen LogP) is 4.78. The summed E-state index contributed by atoms with van der Waals surface area (Å²) in [5.41, 5.74) is 1.78. The third kappa shape index (κ3) is 4.37. The average Bonchev–Trinajstić information content (AvgIpc) is 2.90. The molecule has 0 aliphatic carbocycles. The van der Waals surface area contributed by atoms with Gasteiger partial charge in [0, 0.05) is 31.9 Å². The molecule has 1 amide bonds. The zero-order chi connectivity index (χ0) is 21.1. The van der Waals surface area contributed by atoms with Crippen molar-refractivity contribution in [2.24, 2.45) is 0 Å². The highest BCUT2D eigenvalue weighted by Gasteiger charge is 2.27. The molecule has 0 N–H and O–H groups in total. The Morgan fingerprint density at radius 3 is 2.47 bits per heavy atom. The maximum Gasteiger partial charge on any atom is 0.274 e. The highest BCUT2D eigenvalue weighted by atomic mass is 35.5. The Kier molecular flexibility index (Phi) is 6.11. The normalized spacial score (nSPS) is 13.7. The van der Waals surface area contributed by atoms with Crippen molar-refractivity contribution in [1.82, 2.24) is 9.47 Å². The van der Waals surface area contributed by atoms with Gasteiger partial charge in [-0.3, -0.25) is 9.59 Å². The van der Waals surface area contributed by atoms with Crippen molar-refractivity contribution in [3.8, 4) is 5.75 Å². The van der Waals surface area contributed by atoms with Crippen molar-refractivity contribution in [2.45, 2.75) is 26.1 Å². The molecule has 0 saturated heterocycles. The van der Waals surface area contributed by atoms with E-state index in [0.29, 0.717) is 29.7 Å². The van der Waals surface area contributed by atoms with E-state index in [9.17, 15) is 9.59 Å². The van der Waals surface area contributed by atoms with Gasteiger partial charge in [0.15, 0.2) is 11.4 Å². The van der Waals surface area contributed by atoms with Gasteiger partial charge in [-0.1, -0.05) is 59.6 Å². The number of aromatic nitrogens is 1. The third-order valence-electron chi connectivity index (χ3n) is 5.03. The number of amides is 1. The molecule has 0 saturated carbocycles. The summed E-state index contributed by atoms with van der Waals surface area (Å²) >= 11 is 12.1. The monoisotopic (exact) mass is 442 g/mol. The highest BCUT2D eigenvalue weighted by Crippen LogP contribution is 2.26. The summed E-state index contributed by atoms with van der Waals surface area (Å²) in [4.78, 5) is 27.7. The highest BCUT2D eigenvalue weighted by molar-refractivity contribution is 6.42. The van der Waals surface area contributed by atoms with Crippen LogP contribution < -0.4 is 10.2 Å². The number of hydrogen-bond donors (Lipinski definition) is 0. The Bertz CT molecular complexity index is 1130. The Labute approximate surface area is 184 Å². The molecule has 1 aliphatic rings. The number of pyridine rings is 1. The van der Waals surface area contributed by atoms with E-state index >= 15 is 0 Å². The fraction of sp³-hybridized carbons (Fsp3) is 0.217. The first kappa shape index (κ1) is 20.5. The van der Waals surface area contributed by atoms with Crippen LogP contribution in [0.4, 0.5) is 0 Å². The van der Waals surface area contributed by atoms with Crippen LogP contribution in [0.5, 0.6) is 5.75 Å². The molecule has 154 valence electrons. The molecule has 0 fully saturated rings. The van der Waals surface area contributed by atoms with E-state index in [-0.39, 0.29) is 29.4 Å². The van der Waals surface area contributed by atoms with E-state index in [1.807, 2.05) is 36.4 Å². The molecule has 0 atom stereocenters. The molecule has 2 aromatic carbocycles. The number of benzene rings is 2. The minimum Gasteiger partial charge on any atom is -0.483 e. The number of carbonyl (C=O) groups is 1. The first-order chi connectivity index (χ1) is 14.5. The zero-order valence-electron chi connectivity index (χ0n) is 16.2. The lowest BCUT2D eigenvalue weighted by atomic mass is 10.2. The largest absolute Gasteiger partial charge is 0.483 e. The first-order valence-electron chi connectivity index (χ1n) is 9.66. The minimum absolute atomic E-state index is 0.0902. The van der Waals surface area contributed by atoms with Gasteiger partial charge in [-0.2, -0.15) is 0 Å². The number of hydrogen-bond acceptors (Lipinski definition) is 3. The lowest BCUT2D eigenvalue weighted by Crippen LogP contribution is -2.32. The summed E-state index contributed by atoms with van der Waals surface area (Å²) < 4.78 is 7.67. The van der Waals surface area contributed by atoms with Crippen molar-refractivity contribution < 1.29 is 9.53 Å². The fourth-order valence-electron chi connectivity index (χ4n) is 3.52. The van der Waals surface area contributed by atoms with Gasteiger partial charge in [0.05, 0.1) is 10.0 Å². The van der Waals surface area contributed by atoms with Crippen LogP contribution in [-0.2, 0) is 19.7 Å². The van der Waals surface area contributed by atoms with Gasteiger partial charge in [0.2, 0.25) is 5.43 Å². The molecular formula is C23H20Cl2N2O3. The van der Waals surface area contributed by atoms with Crippen molar-refractivity contribution in [3.05, 3.63) is 97.9 Å². The second-order valence-electron chi connectivity index (χ2n) is 7.15. The van der Waals surface area contributed by atoms with Crippen molar-refractivity contribution >= 4 is 29.1 Å². The summed E-state index contributed by atoms with van der Waals surface area (Å²) in [5.74, 6) is -0.147. The molecule has 0 bridgehead atoms. The van der Waals surface area contributed by atoms with Gasteiger partial charge >= 0.3 is 0 Å². The number of fused-ring (bicyclic) bond motifs is 1. The Balaban J connectivity index is 1.64. The van der Waals surface area contributed by atoms with Gasteiger partial charge in [-0.05, 0) is 29.7 Å². The summed E-state index contributed by atoms with van der Waals surface area (Å²) in [6.07, 6.45) is 2.43. The van der Waals surface area contributed by atoms with E-state index in [2.05, 4.69) is 0 Å². The number of nitrogens with zero attached hydrogens (tertiary/aromatic N) is 2. The van der Waals surface area contributed by atoms with Gasteiger partial charge in [-0.15, -0.1) is 0 Å². The van der Waals surface area contributed by atoms with Crippen molar-refractivity contribution in [1.29, 1.82) is 0 Å². The van der Waals surface area contributed by atoms with Crippen LogP contribution in [0.15, 0.2) is 65.6 Å². The molecule has 4 rings (SSSR count). The maximum absolute atomic E-state index is 13.4. The van der Waals surface area contributed by atoms with E-state index in [1.54, 1.807) is 27.8 Å². The Hall–Kier alpha value is -2.76. The molecule has 30 heavy (non-hydrogen) atoms. The van der Waals surface area contributed by atoms with E-state index in [1.165, 1.54) is 6.07 Å². The summed E-state index contributed by atoms with van der Waals surface area (Å²) in [6.45, 7) is 1.78. The minimum atomic E-state index is -0.304. The number of carbonyl (C=O) groups excluding carboxylic acids is 1. The third-order valence-corrected chi connectivity index (χ3v) is 5.77. The molecule has 3 aromatic rings. The van der Waals surface area contributed by atoms with Gasteiger partial charge in [0.25, 0.3) is 5.91 Å². The summed E-state index contributed by atoms with van der Waals surface area (Å²) in [5, 5.41) is 0.913. The standard InChI is InChI=1S/C23H20Cl2N2O3/c24-18-8-7-17(13-19(18)25)14-27-11-4-10-26-12-9-20(28)22(21(26)23(27)29)30-15-16-5-2-1-3-6-16/h1-3,5-9,12-13H,4,10-11,14-15H2. The smallest absolute Gasteiger partial charge is 0.274 e. The summed E-state index contributed by atoms with van der Waals surface area (Å²) in [7, 11) is 0. The van der Waals surface area contributed by atoms with Crippen molar-refractivity contribution in [3.63, 3.8) is 0 Å². The lowest BCUT2D eigenvalue weighted by molar-refractivity contribution is 0.0740. The molecular weight excluding hydrogens is 423 g/mol. The fourth-order valence-corrected chi connectivity index (χ4v) is 3.84. The topological polar surface area (TPSA) is 51.5 Å². The van der Waals surface area contributed by atoms with E-state index in [0.717, 1.165) is 17.5 Å². The van der Waals surface area contributed by atoms with Gasteiger partial charge in [0.1, 0.15) is 6.61 Å². The lowest BCUT2D eigenvalue weighted by Gasteiger charge is -2.22. The average molecular weight is 443 g/mol. The number of halogens is 2. The SMILES string of the molecule is O=C1c2c(OCc3ccccc3)c(=O)ccn2CCCN1Cc1ccc(Cl)c(Cl)c1. The van der Waals surface area contributed by atoms with E-state index < -0.39 is 0 Å². The molecule has 1 aromatic heterocycles. The molecule has 5 nitrogen and oxygen atoms in total. The van der Waals surface area contributed by atoms with Crippen LogP contribution in [0.25, 0.3) is 0 Å². The number of rotatable bonds is 5. The van der Waals surface area contributed by atoms with Crippen LogP contribution in [0, 0.1) is 0 Å². The zero-order valence-corrected chi connectivity index (χ0v) is 17.7. The molecule has 7 heteroatoms. The quantitative estimate of drug-likeness (QED) is 0.571. The van der Waals surface area contributed by atoms with Crippen LogP contribution in [0.1, 0.15) is 28.0 Å². The van der Waals surface area contributed by atoms with E-state index in [4.69, 9.17) is 27.9 Å². The maximum atomic E-state index is 13.4. The molecule has 0 unspecified atom stereocenters. The van der Waals surface area contributed by atoms with Crippen LogP contribution in [-0.4, -0.2) is 21.9 Å². The Morgan fingerprint density at radius 2 is 1.70 bits per heavy atom. The molecule has 2 heterocycles. The summed E-state index contributed by atoms with van der Waals surface area (Å²) in [6, 6.07) is 16.3. The second-order valence-corrected chi connectivity index (χ2v) is 7.97. The van der Waals surface area contributed by atoms with Crippen LogP contribution in [0.2, 0.25) is 10.0 Å². The van der Waals surface area contributed by atoms with Gasteiger partial charge in [-0.25, -0.2) is 0 Å². The van der Waals surface area contributed by atoms with Crippen LogP contribution in [0.3, 0.4) is 0 Å². The first-order valence-corrected chi connectivity index (χ1v) is 10.4.